The molecule has 3 heteroatoms. The van der Waals surface area contributed by atoms with Gasteiger partial charge in [0.15, 0.2) is 0 Å². The lowest BCUT2D eigenvalue weighted by Crippen LogP contribution is -2.01. The smallest absolute Gasteiger partial charge is 0.336 e. The maximum Gasteiger partial charge on any atom is 0.336 e. The van der Waals surface area contributed by atoms with Crippen molar-refractivity contribution in [1.82, 2.24) is 0 Å². The fourth-order valence-electron chi connectivity index (χ4n) is 0.947. The van der Waals surface area contributed by atoms with Crippen LogP contribution < -0.4 is 0 Å². The van der Waals surface area contributed by atoms with Crippen molar-refractivity contribution >= 4 is 28.6 Å². The van der Waals surface area contributed by atoms with Gasteiger partial charge in [-0.15, -0.1) is 0 Å². The van der Waals surface area contributed by atoms with Crippen molar-refractivity contribution in [3.05, 3.63) is 32.4 Å². The van der Waals surface area contributed by atoms with E-state index in [2.05, 4.69) is 22.6 Å². The highest BCUT2D eigenvalue weighted by Gasteiger charge is 2.10. The minimum atomic E-state index is -0.859. The number of hydrogen-bond donors (Lipinski definition) is 1. The molecule has 1 aromatic carbocycles. The van der Waals surface area contributed by atoms with E-state index in [1.165, 1.54) is 0 Å². The van der Waals surface area contributed by atoms with Crippen LogP contribution >= 0.6 is 22.6 Å². The Kier molecular flexibility index (Phi) is 2.72. The Morgan fingerprint density at radius 2 is 2.00 bits per heavy atom. The molecule has 0 aromatic heterocycles. The second-order valence-electron chi connectivity index (χ2n) is 2.67. The van der Waals surface area contributed by atoms with E-state index in [4.69, 9.17) is 5.11 Å². The average molecular weight is 276 g/mol. The molecule has 0 aliphatic heterocycles. The van der Waals surface area contributed by atoms with E-state index in [0.717, 1.165) is 14.7 Å². The summed E-state index contributed by atoms with van der Waals surface area (Å²) in [5, 5.41) is 8.78. The molecule has 1 N–H and O–H groups in total. The summed E-state index contributed by atoms with van der Waals surface area (Å²) in [6.07, 6.45) is 0. The molecule has 0 spiro atoms. The SMILES string of the molecule is Cc1ccc(C(=O)O)c(I)c1C. The number of carbonyl (C=O) groups is 1. The first-order chi connectivity index (χ1) is 5.54. The molecule has 12 heavy (non-hydrogen) atoms. The third kappa shape index (κ3) is 1.60. The van der Waals surface area contributed by atoms with Crippen LogP contribution in [0, 0.1) is 17.4 Å². The highest BCUT2D eigenvalue weighted by molar-refractivity contribution is 14.1. The van der Waals surface area contributed by atoms with Crippen LogP contribution in [0.2, 0.25) is 0 Å². The van der Waals surface area contributed by atoms with E-state index in [1.54, 1.807) is 6.07 Å². The standard InChI is InChI=1S/C9H9IO2/c1-5-3-4-7(9(11)12)8(10)6(5)2/h3-4H,1-2H3,(H,11,12). The van der Waals surface area contributed by atoms with E-state index >= 15 is 0 Å². The summed E-state index contributed by atoms with van der Waals surface area (Å²) < 4.78 is 0.833. The maximum atomic E-state index is 10.7. The first kappa shape index (κ1) is 9.51. The molecule has 0 unspecified atom stereocenters. The zero-order chi connectivity index (χ0) is 9.30. The van der Waals surface area contributed by atoms with Gasteiger partial charge in [0.05, 0.1) is 5.56 Å². The molecule has 0 bridgehead atoms. The second kappa shape index (κ2) is 3.43. The molecule has 0 heterocycles. The molecule has 1 rings (SSSR count). The van der Waals surface area contributed by atoms with Gasteiger partial charge < -0.3 is 5.11 Å². The number of carboxylic acids is 1. The summed E-state index contributed by atoms with van der Waals surface area (Å²) in [6, 6.07) is 3.48. The van der Waals surface area contributed by atoms with Crippen molar-refractivity contribution in [3.63, 3.8) is 0 Å². The number of halogens is 1. The minimum absolute atomic E-state index is 0.388. The van der Waals surface area contributed by atoms with Gasteiger partial charge in [-0.25, -0.2) is 4.79 Å². The molecule has 0 aliphatic rings. The molecule has 0 aliphatic carbocycles. The summed E-state index contributed by atoms with van der Waals surface area (Å²) >= 11 is 2.06. The van der Waals surface area contributed by atoms with Gasteiger partial charge in [0, 0.05) is 3.57 Å². The number of aromatic carboxylic acids is 1. The number of hydrogen-bond acceptors (Lipinski definition) is 1. The number of carboxylic acid groups (broad SMARTS) is 1. The summed E-state index contributed by atoms with van der Waals surface area (Å²) in [5.74, 6) is -0.859. The van der Waals surface area contributed by atoms with Crippen molar-refractivity contribution in [2.75, 3.05) is 0 Å². The van der Waals surface area contributed by atoms with Gasteiger partial charge in [-0.2, -0.15) is 0 Å². The maximum absolute atomic E-state index is 10.7. The normalized spacial score (nSPS) is 9.92. The summed E-state index contributed by atoms with van der Waals surface area (Å²) in [7, 11) is 0. The van der Waals surface area contributed by atoms with Gasteiger partial charge in [0.2, 0.25) is 0 Å². The monoisotopic (exact) mass is 276 g/mol. The second-order valence-corrected chi connectivity index (χ2v) is 3.75. The fraction of sp³-hybridized carbons (Fsp3) is 0.222. The molecule has 0 fully saturated rings. The Morgan fingerprint density at radius 3 is 2.50 bits per heavy atom. The highest BCUT2D eigenvalue weighted by atomic mass is 127. The molecule has 0 radical (unpaired) electrons. The van der Waals surface area contributed by atoms with Crippen LogP contribution in [0.5, 0.6) is 0 Å². The molecule has 0 amide bonds. The highest BCUT2D eigenvalue weighted by Crippen LogP contribution is 2.19. The van der Waals surface area contributed by atoms with Gasteiger partial charge >= 0.3 is 5.97 Å². The predicted molar refractivity (Wildman–Crippen MR) is 55.6 cm³/mol. The van der Waals surface area contributed by atoms with Crippen LogP contribution in [0.1, 0.15) is 21.5 Å². The Balaban J connectivity index is 3.36. The number of benzene rings is 1. The summed E-state index contributed by atoms with van der Waals surface area (Å²) in [6.45, 7) is 3.91. The van der Waals surface area contributed by atoms with Crippen molar-refractivity contribution in [3.8, 4) is 0 Å². The van der Waals surface area contributed by atoms with Crippen LogP contribution in [0.4, 0.5) is 0 Å². The first-order valence-electron chi connectivity index (χ1n) is 3.53. The predicted octanol–water partition coefficient (Wildman–Crippen LogP) is 2.61. The van der Waals surface area contributed by atoms with E-state index in [-0.39, 0.29) is 0 Å². The number of aryl methyl sites for hydroxylation is 1. The molecule has 1 aromatic rings. The molecule has 0 saturated carbocycles. The van der Waals surface area contributed by atoms with E-state index in [1.807, 2.05) is 19.9 Å². The van der Waals surface area contributed by atoms with Gasteiger partial charge in [-0.05, 0) is 53.6 Å². The summed E-state index contributed by atoms with van der Waals surface area (Å²) in [5.41, 5.74) is 2.57. The Labute approximate surface area is 84.7 Å². The third-order valence-corrected chi connectivity index (χ3v) is 3.28. The lowest BCUT2D eigenvalue weighted by atomic mass is 10.1. The molecule has 0 saturated heterocycles. The number of rotatable bonds is 1. The van der Waals surface area contributed by atoms with Crippen LogP contribution in [-0.4, -0.2) is 11.1 Å². The van der Waals surface area contributed by atoms with Gasteiger partial charge in [0.1, 0.15) is 0 Å². The molecule has 2 nitrogen and oxygen atoms in total. The van der Waals surface area contributed by atoms with Crippen LogP contribution in [0.3, 0.4) is 0 Å². The van der Waals surface area contributed by atoms with Crippen LogP contribution in [-0.2, 0) is 0 Å². The van der Waals surface area contributed by atoms with Gasteiger partial charge in [-0.1, -0.05) is 6.07 Å². The molecule has 0 atom stereocenters. The van der Waals surface area contributed by atoms with Crippen molar-refractivity contribution in [2.24, 2.45) is 0 Å². The zero-order valence-electron chi connectivity index (χ0n) is 6.89. The Hall–Kier alpha value is -0.580. The van der Waals surface area contributed by atoms with Gasteiger partial charge in [0.25, 0.3) is 0 Å². The topological polar surface area (TPSA) is 37.3 Å². The summed E-state index contributed by atoms with van der Waals surface area (Å²) in [4.78, 5) is 10.7. The van der Waals surface area contributed by atoms with E-state index < -0.39 is 5.97 Å². The zero-order valence-corrected chi connectivity index (χ0v) is 9.05. The Bertz CT molecular complexity index is 332. The van der Waals surface area contributed by atoms with E-state index in [9.17, 15) is 4.79 Å². The Morgan fingerprint density at radius 1 is 1.42 bits per heavy atom. The third-order valence-electron chi connectivity index (χ3n) is 1.89. The van der Waals surface area contributed by atoms with Crippen molar-refractivity contribution < 1.29 is 9.90 Å². The first-order valence-corrected chi connectivity index (χ1v) is 4.61. The molecular weight excluding hydrogens is 267 g/mol. The quantitative estimate of drug-likeness (QED) is 0.800. The average Bonchev–Trinajstić information content (AvgIpc) is 2.00. The lowest BCUT2D eigenvalue weighted by Gasteiger charge is -2.05. The largest absolute Gasteiger partial charge is 0.478 e. The van der Waals surface area contributed by atoms with E-state index in [0.29, 0.717) is 5.56 Å². The molecular formula is C9H9IO2. The fourth-order valence-corrected chi connectivity index (χ4v) is 1.78. The van der Waals surface area contributed by atoms with Crippen molar-refractivity contribution in [2.45, 2.75) is 13.8 Å². The van der Waals surface area contributed by atoms with Crippen LogP contribution in [0.25, 0.3) is 0 Å². The lowest BCUT2D eigenvalue weighted by molar-refractivity contribution is 0.0695. The van der Waals surface area contributed by atoms with Crippen LogP contribution in [0.15, 0.2) is 12.1 Å². The minimum Gasteiger partial charge on any atom is -0.478 e. The van der Waals surface area contributed by atoms with Crippen molar-refractivity contribution in [1.29, 1.82) is 0 Å². The molecule has 64 valence electrons. The van der Waals surface area contributed by atoms with Gasteiger partial charge in [-0.3, -0.25) is 0 Å².